The Bertz CT molecular complexity index is 1300. The first kappa shape index (κ1) is 24.4. The van der Waals surface area contributed by atoms with Crippen molar-refractivity contribution in [1.29, 1.82) is 0 Å². The van der Waals surface area contributed by atoms with E-state index >= 15 is 0 Å². The zero-order chi connectivity index (χ0) is 24.3. The summed E-state index contributed by atoms with van der Waals surface area (Å²) in [5.41, 5.74) is 2.03. The number of sulfonamides is 1. The Kier molecular flexibility index (Phi) is 7.21. The SMILES string of the molecule is Cc1ccc(S(=O)(=O)N(C)C)cc1NC(=O)COC(=O)c1c(C)nn(-c2ccccc2)c1Cl. The maximum absolute atomic E-state index is 12.6. The predicted octanol–water partition coefficient (Wildman–Crippen LogP) is 3.19. The van der Waals surface area contributed by atoms with Crippen LogP contribution in [-0.2, 0) is 19.6 Å². The highest BCUT2D eigenvalue weighted by atomic mass is 35.5. The summed E-state index contributed by atoms with van der Waals surface area (Å²) in [6.07, 6.45) is 0. The molecule has 1 N–H and O–H groups in total. The molecular weight excluding hydrogens is 468 g/mol. The van der Waals surface area contributed by atoms with Crippen LogP contribution in [0.3, 0.4) is 0 Å². The van der Waals surface area contributed by atoms with E-state index in [1.54, 1.807) is 32.0 Å². The second-order valence-corrected chi connectivity index (χ2v) is 9.90. The van der Waals surface area contributed by atoms with Crippen LogP contribution in [0.15, 0.2) is 53.4 Å². The number of benzene rings is 2. The minimum absolute atomic E-state index is 0.0288. The van der Waals surface area contributed by atoms with Gasteiger partial charge < -0.3 is 10.1 Å². The van der Waals surface area contributed by atoms with Crippen LogP contribution in [0.1, 0.15) is 21.6 Å². The quantitative estimate of drug-likeness (QED) is 0.509. The van der Waals surface area contributed by atoms with Crippen molar-refractivity contribution in [2.45, 2.75) is 18.7 Å². The van der Waals surface area contributed by atoms with Crippen molar-refractivity contribution in [3.8, 4) is 5.69 Å². The Labute approximate surface area is 197 Å². The van der Waals surface area contributed by atoms with Crippen molar-refractivity contribution in [3.05, 3.63) is 70.5 Å². The van der Waals surface area contributed by atoms with Crippen LogP contribution in [0.2, 0.25) is 5.15 Å². The minimum atomic E-state index is -3.67. The van der Waals surface area contributed by atoms with Crippen LogP contribution < -0.4 is 5.32 Å². The van der Waals surface area contributed by atoms with Gasteiger partial charge in [0.25, 0.3) is 5.91 Å². The number of hydrogen-bond donors (Lipinski definition) is 1. The van der Waals surface area contributed by atoms with E-state index in [4.69, 9.17) is 16.3 Å². The van der Waals surface area contributed by atoms with E-state index in [2.05, 4.69) is 10.4 Å². The van der Waals surface area contributed by atoms with E-state index in [1.165, 1.54) is 30.9 Å². The molecule has 2 aromatic carbocycles. The maximum atomic E-state index is 12.6. The number of rotatable bonds is 7. The number of aromatic nitrogens is 2. The lowest BCUT2D eigenvalue weighted by atomic mass is 10.2. The molecule has 1 amide bonds. The average Bonchev–Trinajstić information content (AvgIpc) is 3.08. The first-order valence-electron chi connectivity index (χ1n) is 9.83. The lowest BCUT2D eigenvalue weighted by molar-refractivity contribution is -0.119. The standard InChI is InChI=1S/C22H23ClN4O5S/c1-14-10-11-17(33(30,31)26(3)4)12-18(14)24-19(28)13-32-22(29)20-15(2)25-27(21(20)23)16-8-6-5-7-9-16/h5-12H,13H2,1-4H3,(H,24,28). The van der Waals surface area contributed by atoms with Gasteiger partial charge in [0.2, 0.25) is 10.0 Å². The van der Waals surface area contributed by atoms with Gasteiger partial charge in [0.1, 0.15) is 10.7 Å². The van der Waals surface area contributed by atoms with Gasteiger partial charge in [-0.1, -0.05) is 35.9 Å². The van der Waals surface area contributed by atoms with Gasteiger partial charge in [0.05, 0.1) is 16.3 Å². The highest BCUT2D eigenvalue weighted by Crippen LogP contribution is 2.25. The maximum Gasteiger partial charge on any atom is 0.343 e. The van der Waals surface area contributed by atoms with Crippen molar-refractivity contribution in [3.63, 3.8) is 0 Å². The number of carbonyl (C=O) groups excluding carboxylic acids is 2. The molecule has 3 rings (SSSR count). The molecule has 0 fully saturated rings. The Hall–Kier alpha value is -3.21. The Morgan fingerprint density at radius 1 is 1.12 bits per heavy atom. The molecule has 11 heteroatoms. The molecule has 1 heterocycles. The second kappa shape index (κ2) is 9.74. The zero-order valence-electron chi connectivity index (χ0n) is 18.5. The summed E-state index contributed by atoms with van der Waals surface area (Å²) < 4.78 is 32.3. The van der Waals surface area contributed by atoms with Crippen molar-refractivity contribution in [1.82, 2.24) is 14.1 Å². The third kappa shape index (κ3) is 5.24. The van der Waals surface area contributed by atoms with E-state index in [9.17, 15) is 18.0 Å². The molecule has 0 atom stereocenters. The molecule has 9 nitrogen and oxygen atoms in total. The van der Waals surface area contributed by atoms with Gasteiger partial charge in [-0.05, 0) is 43.7 Å². The van der Waals surface area contributed by atoms with Gasteiger partial charge in [0.15, 0.2) is 6.61 Å². The number of aryl methyl sites for hydroxylation is 2. The molecule has 1 aromatic heterocycles. The van der Waals surface area contributed by atoms with E-state index in [1.807, 2.05) is 18.2 Å². The van der Waals surface area contributed by atoms with E-state index in [0.717, 1.165) is 4.31 Å². The average molecular weight is 491 g/mol. The number of ether oxygens (including phenoxy) is 1. The summed E-state index contributed by atoms with van der Waals surface area (Å²) in [5, 5.41) is 6.92. The summed E-state index contributed by atoms with van der Waals surface area (Å²) in [6.45, 7) is 2.74. The van der Waals surface area contributed by atoms with E-state index < -0.39 is 28.5 Å². The fraction of sp³-hybridized carbons (Fsp3) is 0.227. The number of carbonyl (C=O) groups is 2. The molecule has 0 saturated heterocycles. The van der Waals surface area contributed by atoms with Crippen LogP contribution in [-0.4, -0.2) is 55.1 Å². The molecule has 0 bridgehead atoms. The van der Waals surface area contributed by atoms with Crippen LogP contribution >= 0.6 is 11.6 Å². The van der Waals surface area contributed by atoms with Gasteiger partial charge in [-0.3, -0.25) is 4.79 Å². The fourth-order valence-corrected chi connectivity index (χ4v) is 4.25. The van der Waals surface area contributed by atoms with Gasteiger partial charge in [-0.25, -0.2) is 22.2 Å². The highest BCUT2D eigenvalue weighted by Gasteiger charge is 2.24. The first-order chi connectivity index (χ1) is 15.5. The third-order valence-corrected chi connectivity index (χ3v) is 6.97. The molecule has 33 heavy (non-hydrogen) atoms. The number of nitrogens with one attached hydrogen (secondary N) is 1. The van der Waals surface area contributed by atoms with Gasteiger partial charge in [-0.2, -0.15) is 5.10 Å². The number of anilines is 1. The summed E-state index contributed by atoms with van der Waals surface area (Å²) >= 11 is 6.35. The minimum Gasteiger partial charge on any atom is -0.452 e. The lowest BCUT2D eigenvalue weighted by Crippen LogP contribution is -2.24. The number of esters is 1. The largest absolute Gasteiger partial charge is 0.452 e. The Morgan fingerprint density at radius 3 is 2.42 bits per heavy atom. The number of nitrogens with zero attached hydrogens (tertiary/aromatic N) is 3. The lowest BCUT2D eigenvalue weighted by Gasteiger charge is -2.14. The van der Waals surface area contributed by atoms with E-state index in [0.29, 0.717) is 22.6 Å². The normalized spacial score (nSPS) is 11.5. The second-order valence-electron chi connectivity index (χ2n) is 7.39. The zero-order valence-corrected chi connectivity index (χ0v) is 20.1. The number of halogens is 1. The summed E-state index contributed by atoms with van der Waals surface area (Å²) in [4.78, 5) is 25.0. The molecule has 0 radical (unpaired) electrons. The Morgan fingerprint density at radius 2 is 1.79 bits per heavy atom. The van der Waals surface area contributed by atoms with Gasteiger partial charge in [-0.15, -0.1) is 0 Å². The predicted molar refractivity (Wildman–Crippen MR) is 124 cm³/mol. The van der Waals surface area contributed by atoms with Gasteiger partial charge in [0, 0.05) is 19.8 Å². The van der Waals surface area contributed by atoms with Crippen LogP contribution in [0, 0.1) is 13.8 Å². The molecular formula is C22H23ClN4O5S. The summed E-state index contributed by atoms with van der Waals surface area (Å²) in [7, 11) is -0.838. The number of hydrogen-bond acceptors (Lipinski definition) is 6. The molecule has 0 saturated carbocycles. The highest BCUT2D eigenvalue weighted by molar-refractivity contribution is 7.89. The van der Waals surface area contributed by atoms with Crippen molar-refractivity contribution >= 4 is 39.2 Å². The Balaban J connectivity index is 1.71. The van der Waals surface area contributed by atoms with Crippen LogP contribution in [0.25, 0.3) is 5.69 Å². The number of para-hydroxylation sites is 1. The van der Waals surface area contributed by atoms with Crippen LogP contribution in [0.5, 0.6) is 0 Å². The molecule has 3 aromatic rings. The van der Waals surface area contributed by atoms with Crippen molar-refractivity contribution < 1.29 is 22.7 Å². The fourth-order valence-electron chi connectivity index (χ4n) is 2.97. The molecule has 174 valence electrons. The van der Waals surface area contributed by atoms with E-state index in [-0.39, 0.29) is 15.6 Å². The first-order valence-corrected chi connectivity index (χ1v) is 11.6. The molecule has 0 spiro atoms. The van der Waals surface area contributed by atoms with Crippen molar-refractivity contribution in [2.75, 3.05) is 26.0 Å². The summed E-state index contributed by atoms with van der Waals surface area (Å²) in [6, 6.07) is 13.4. The molecule has 0 aliphatic heterocycles. The molecule has 0 aliphatic carbocycles. The third-order valence-electron chi connectivity index (χ3n) is 4.80. The van der Waals surface area contributed by atoms with Crippen molar-refractivity contribution in [2.24, 2.45) is 0 Å². The number of amides is 1. The van der Waals surface area contributed by atoms with Gasteiger partial charge >= 0.3 is 5.97 Å². The molecule has 0 unspecified atom stereocenters. The monoisotopic (exact) mass is 490 g/mol. The smallest absolute Gasteiger partial charge is 0.343 e. The van der Waals surface area contributed by atoms with Crippen LogP contribution in [0.4, 0.5) is 5.69 Å². The topological polar surface area (TPSA) is 111 Å². The molecule has 0 aliphatic rings. The summed E-state index contributed by atoms with van der Waals surface area (Å²) in [5.74, 6) is -1.43.